The van der Waals surface area contributed by atoms with Gasteiger partial charge in [0.25, 0.3) is 0 Å². The van der Waals surface area contributed by atoms with Gasteiger partial charge >= 0.3 is 0 Å². The maximum Gasteiger partial charge on any atom is 0.199 e. The van der Waals surface area contributed by atoms with Gasteiger partial charge in [-0.15, -0.1) is 0 Å². The summed E-state index contributed by atoms with van der Waals surface area (Å²) in [6, 6.07) is 16.1. The van der Waals surface area contributed by atoms with Gasteiger partial charge in [-0.2, -0.15) is 5.10 Å². The molecule has 2 aromatic carbocycles. The number of hydrogen-bond donors (Lipinski definition) is 0. The molecule has 0 radical (unpaired) electrons. The minimum absolute atomic E-state index is 0.336. The fourth-order valence-electron chi connectivity index (χ4n) is 3.75. The van der Waals surface area contributed by atoms with Crippen molar-refractivity contribution in [3.8, 4) is 11.5 Å². The number of para-hydroxylation sites is 2. The smallest absolute Gasteiger partial charge is 0.199 e. The minimum atomic E-state index is 0.336. The largest absolute Gasteiger partial charge is 0.492 e. The van der Waals surface area contributed by atoms with Crippen LogP contribution in [-0.4, -0.2) is 32.4 Å². The van der Waals surface area contributed by atoms with Gasteiger partial charge in [0.1, 0.15) is 24.7 Å². The molecule has 8 heteroatoms. The van der Waals surface area contributed by atoms with Crippen molar-refractivity contribution in [3.05, 3.63) is 69.7 Å². The molecule has 2 aliphatic rings. The Labute approximate surface area is 185 Å². The lowest BCUT2D eigenvalue weighted by Gasteiger charge is -2.18. The van der Waals surface area contributed by atoms with Gasteiger partial charge in [-0.3, -0.25) is 9.47 Å². The highest BCUT2D eigenvalue weighted by Gasteiger charge is 2.29. The molecule has 1 saturated carbocycles. The van der Waals surface area contributed by atoms with Gasteiger partial charge < -0.3 is 9.47 Å². The molecular formula is C22H23ClN4O2S. The molecule has 0 unspecified atom stereocenters. The molecule has 1 aliphatic carbocycles. The average molecular weight is 443 g/mol. The van der Waals surface area contributed by atoms with Crippen LogP contribution < -0.4 is 9.47 Å². The zero-order valence-electron chi connectivity index (χ0n) is 16.5. The van der Waals surface area contributed by atoms with Crippen LogP contribution >= 0.6 is 23.8 Å². The summed E-state index contributed by atoms with van der Waals surface area (Å²) in [6.07, 6.45) is 2.26. The number of hydrogen-bond acceptors (Lipinski definition) is 5. The van der Waals surface area contributed by atoms with E-state index in [9.17, 15) is 0 Å². The number of halogens is 1. The fraction of sp³-hybridized carbons (Fsp3) is 0.364. The maximum absolute atomic E-state index is 6.23. The maximum atomic E-state index is 6.23. The lowest BCUT2D eigenvalue weighted by Crippen LogP contribution is -2.29. The molecule has 3 aromatic rings. The predicted molar refractivity (Wildman–Crippen MR) is 117 cm³/mol. The van der Waals surface area contributed by atoms with E-state index in [4.69, 9.17) is 38.4 Å². The molecule has 1 fully saturated rings. The van der Waals surface area contributed by atoms with E-state index >= 15 is 0 Å². The monoisotopic (exact) mass is 442 g/mol. The Morgan fingerprint density at radius 2 is 1.93 bits per heavy atom. The first-order valence-corrected chi connectivity index (χ1v) is 11.0. The van der Waals surface area contributed by atoms with E-state index < -0.39 is 0 Å². The summed E-state index contributed by atoms with van der Waals surface area (Å²) in [6.45, 7) is 3.23. The Balaban J connectivity index is 1.36. The Morgan fingerprint density at radius 3 is 2.77 bits per heavy atom. The van der Waals surface area contributed by atoms with Crippen molar-refractivity contribution in [3.63, 3.8) is 0 Å². The molecule has 6 nitrogen and oxygen atoms in total. The summed E-state index contributed by atoms with van der Waals surface area (Å²) < 4.78 is 16.6. The summed E-state index contributed by atoms with van der Waals surface area (Å²) in [7, 11) is 0. The normalized spacial score (nSPS) is 16.6. The quantitative estimate of drug-likeness (QED) is 0.511. The highest BCUT2D eigenvalue weighted by atomic mass is 35.5. The highest BCUT2D eigenvalue weighted by Crippen LogP contribution is 2.36. The molecule has 30 heavy (non-hydrogen) atoms. The molecule has 0 bridgehead atoms. The van der Waals surface area contributed by atoms with E-state index in [2.05, 4.69) is 15.5 Å². The zero-order chi connectivity index (χ0) is 20.5. The van der Waals surface area contributed by atoms with Gasteiger partial charge in [0.2, 0.25) is 0 Å². The first-order valence-electron chi connectivity index (χ1n) is 10.2. The van der Waals surface area contributed by atoms with Crippen LogP contribution in [0, 0.1) is 4.77 Å². The molecule has 0 spiro atoms. The van der Waals surface area contributed by atoms with Crippen LogP contribution in [0.25, 0.3) is 0 Å². The van der Waals surface area contributed by atoms with Crippen molar-refractivity contribution in [1.29, 1.82) is 0 Å². The van der Waals surface area contributed by atoms with Crippen LogP contribution in [0.2, 0.25) is 5.02 Å². The lowest BCUT2D eigenvalue weighted by molar-refractivity contribution is 0.176. The third-order valence-electron chi connectivity index (χ3n) is 5.41. The van der Waals surface area contributed by atoms with E-state index in [1.54, 1.807) is 0 Å². The van der Waals surface area contributed by atoms with Crippen LogP contribution in [0.1, 0.15) is 30.3 Å². The summed E-state index contributed by atoms with van der Waals surface area (Å²) in [5.74, 6) is 2.46. The van der Waals surface area contributed by atoms with E-state index in [-0.39, 0.29) is 0 Å². The molecule has 0 atom stereocenters. The van der Waals surface area contributed by atoms with Gasteiger partial charge in [0.05, 0.1) is 11.7 Å². The second-order valence-corrected chi connectivity index (χ2v) is 8.44. The molecule has 0 amide bonds. The van der Waals surface area contributed by atoms with Crippen molar-refractivity contribution in [2.45, 2.75) is 38.7 Å². The number of fused-ring (bicyclic) bond motifs is 1. The molecule has 1 aliphatic heterocycles. The number of benzene rings is 2. The number of ether oxygens (including phenoxy) is 2. The summed E-state index contributed by atoms with van der Waals surface area (Å²) >= 11 is 12.0. The SMILES string of the molecule is S=c1n(CN2CCOc3ccccc3C2)nc(COc2ccccc2Cl)n1C1CC1. The van der Waals surface area contributed by atoms with Crippen molar-refractivity contribution in [2.75, 3.05) is 13.2 Å². The van der Waals surface area contributed by atoms with Crippen LogP contribution in [0.4, 0.5) is 0 Å². The molecule has 0 saturated heterocycles. The molecule has 5 rings (SSSR count). The Morgan fingerprint density at radius 1 is 1.13 bits per heavy atom. The molecule has 0 N–H and O–H groups in total. The van der Waals surface area contributed by atoms with Crippen LogP contribution in [0.3, 0.4) is 0 Å². The van der Waals surface area contributed by atoms with E-state index in [1.165, 1.54) is 5.56 Å². The van der Waals surface area contributed by atoms with E-state index in [0.29, 0.717) is 36.7 Å². The number of aromatic nitrogens is 3. The predicted octanol–water partition coefficient (Wildman–Crippen LogP) is 4.83. The van der Waals surface area contributed by atoms with Gasteiger partial charge in [0.15, 0.2) is 10.6 Å². The van der Waals surface area contributed by atoms with Gasteiger partial charge in [-0.25, -0.2) is 4.68 Å². The van der Waals surface area contributed by atoms with E-state index in [0.717, 1.165) is 42.3 Å². The first kappa shape index (κ1) is 19.6. The van der Waals surface area contributed by atoms with Crippen LogP contribution in [0.15, 0.2) is 48.5 Å². The molecule has 1 aromatic heterocycles. The second kappa shape index (κ2) is 8.41. The average Bonchev–Trinajstić information content (AvgIpc) is 3.55. The standard InChI is InChI=1S/C22H23ClN4O2S/c23-18-6-2-4-8-20(18)29-14-21-24-26(22(30)27(21)17-9-10-17)15-25-11-12-28-19-7-3-1-5-16(19)13-25/h1-8,17H,9-15H2. The number of rotatable bonds is 6. The second-order valence-electron chi connectivity index (χ2n) is 7.67. The van der Waals surface area contributed by atoms with Gasteiger partial charge in [-0.05, 0) is 43.3 Å². The number of nitrogens with zero attached hydrogens (tertiary/aromatic N) is 4. The summed E-state index contributed by atoms with van der Waals surface area (Å²) in [4.78, 5) is 2.31. The van der Waals surface area contributed by atoms with E-state index in [1.807, 2.05) is 47.1 Å². The molecular weight excluding hydrogens is 420 g/mol. The Bertz CT molecular complexity index is 1110. The van der Waals surface area contributed by atoms with Crippen LogP contribution in [0.5, 0.6) is 11.5 Å². The van der Waals surface area contributed by atoms with Crippen molar-refractivity contribution >= 4 is 23.8 Å². The van der Waals surface area contributed by atoms with Gasteiger partial charge in [-0.1, -0.05) is 41.9 Å². The molecule has 156 valence electrons. The molecule has 2 heterocycles. The van der Waals surface area contributed by atoms with Crippen LogP contribution in [-0.2, 0) is 19.8 Å². The summed E-state index contributed by atoms with van der Waals surface area (Å²) in [5, 5.41) is 5.42. The Kier molecular flexibility index (Phi) is 5.50. The first-order chi connectivity index (χ1) is 14.7. The van der Waals surface area contributed by atoms with Crippen molar-refractivity contribution < 1.29 is 9.47 Å². The Hall–Kier alpha value is -2.35. The minimum Gasteiger partial charge on any atom is -0.492 e. The van der Waals surface area contributed by atoms with Crippen molar-refractivity contribution in [1.82, 2.24) is 19.2 Å². The summed E-state index contributed by atoms with van der Waals surface area (Å²) in [5.41, 5.74) is 1.19. The van der Waals surface area contributed by atoms with Crippen molar-refractivity contribution in [2.24, 2.45) is 0 Å². The topological polar surface area (TPSA) is 44.4 Å². The zero-order valence-corrected chi connectivity index (χ0v) is 18.1. The fourth-order valence-corrected chi connectivity index (χ4v) is 4.29. The third kappa shape index (κ3) is 4.10. The lowest BCUT2D eigenvalue weighted by atomic mass is 10.2. The third-order valence-corrected chi connectivity index (χ3v) is 6.13. The highest BCUT2D eigenvalue weighted by molar-refractivity contribution is 7.71. The van der Waals surface area contributed by atoms with Gasteiger partial charge in [0, 0.05) is 24.7 Å².